The summed E-state index contributed by atoms with van der Waals surface area (Å²) in [6.45, 7) is 5.53. The van der Waals surface area contributed by atoms with Gasteiger partial charge in [-0.1, -0.05) is 29.8 Å². The Balaban J connectivity index is 1.60. The molecule has 2 heterocycles. The van der Waals surface area contributed by atoms with Crippen LogP contribution in [0.25, 0.3) is 0 Å². The number of likely N-dealkylation sites (tertiary alicyclic amines) is 1. The van der Waals surface area contributed by atoms with Gasteiger partial charge in [-0.15, -0.1) is 0 Å². The lowest BCUT2D eigenvalue weighted by Gasteiger charge is -2.38. The Labute approximate surface area is 139 Å². The molecule has 6 heteroatoms. The van der Waals surface area contributed by atoms with Crippen LogP contribution in [-0.4, -0.2) is 50.9 Å². The van der Waals surface area contributed by atoms with E-state index < -0.39 is 10.0 Å². The smallest absolute Gasteiger partial charge is 0.208 e. The number of ether oxygens (including phenoxy) is 1. The molecule has 2 fully saturated rings. The van der Waals surface area contributed by atoms with Gasteiger partial charge in [-0.25, -0.2) is 13.1 Å². The van der Waals surface area contributed by atoms with Crippen molar-refractivity contribution in [3.63, 3.8) is 0 Å². The summed E-state index contributed by atoms with van der Waals surface area (Å²) in [4.78, 5) is 2.41. The lowest BCUT2D eigenvalue weighted by molar-refractivity contribution is -0.0779. The van der Waals surface area contributed by atoms with E-state index in [0.29, 0.717) is 6.61 Å². The number of nitrogens with zero attached hydrogens (tertiary/aromatic N) is 1. The fourth-order valence-electron chi connectivity index (χ4n) is 3.73. The largest absolute Gasteiger partial charge is 0.373 e. The highest BCUT2D eigenvalue weighted by Crippen LogP contribution is 2.35. The third-order valence-corrected chi connectivity index (χ3v) is 5.56. The average Bonchev–Trinajstić information content (AvgIpc) is 2.82. The lowest BCUT2D eigenvalue weighted by atomic mass is 9.90. The second-order valence-corrected chi connectivity index (χ2v) is 8.84. The van der Waals surface area contributed by atoms with E-state index >= 15 is 0 Å². The molecule has 0 amide bonds. The van der Waals surface area contributed by atoms with E-state index in [4.69, 9.17) is 4.74 Å². The molecule has 2 aliphatic rings. The Hall–Kier alpha value is -0.950. The maximum absolute atomic E-state index is 11.5. The molecule has 0 aliphatic carbocycles. The number of nitrogens with one attached hydrogen (secondary N) is 1. The van der Waals surface area contributed by atoms with Crippen LogP contribution >= 0.6 is 0 Å². The molecule has 23 heavy (non-hydrogen) atoms. The topological polar surface area (TPSA) is 58.6 Å². The molecule has 2 aliphatic heterocycles. The number of hydrogen-bond donors (Lipinski definition) is 1. The average molecular weight is 338 g/mol. The second-order valence-electron chi connectivity index (χ2n) is 7.06. The third-order valence-electron chi connectivity index (χ3n) is 4.80. The molecular formula is C17H26N2O3S. The Morgan fingerprint density at radius 2 is 2.09 bits per heavy atom. The van der Waals surface area contributed by atoms with E-state index in [1.54, 1.807) is 0 Å². The minimum atomic E-state index is -3.16. The summed E-state index contributed by atoms with van der Waals surface area (Å²) in [6, 6.07) is 8.64. The van der Waals surface area contributed by atoms with Crippen molar-refractivity contribution >= 4 is 10.0 Å². The standard InChI is InChI=1S/C17H26N2O3S/c1-14-3-5-15(6-4-14)12-19-9-8-17(13-19)11-16(7-10-22-17)18-23(2,20)21/h3-6,16,18H,7-13H2,1-2H3/t16-,17-/m0/s1. The van der Waals surface area contributed by atoms with Crippen LogP contribution in [0.2, 0.25) is 0 Å². The molecule has 0 bridgehead atoms. The van der Waals surface area contributed by atoms with Crippen LogP contribution in [0.3, 0.4) is 0 Å². The molecule has 0 radical (unpaired) electrons. The SMILES string of the molecule is Cc1ccc(CN2CC[C@]3(C[C@@H](NS(C)(=O)=O)CCO3)C2)cc1. The quantitative estimate of drug-likeness (QED) is 0.907. The summed E-state index contributed by atoms with van der Waals surface area (Å²) in [5.74, 6) is 0. The Kier molecular flexibility index (Phi) is 4.78. The first kappa shape index (κ1) is 16.9. The molecule has 0 aromatic heterocycles. The minimum absolute atomic E-state index is 0.00178. The Bertz CT molecular complexity index is 644. The molecule has 1 spiro atoms. The number of rotatable bonds is 4. The molecule has 1 aromatic rings. The highest BCUT2D eigenvalue weighted by atomic mass is 32.2. The molecule has 0 saturated carbocycles. The molecule has 1 aromatic carbocycles. The van der Waals surface area contributed by atoms with Crippen molar-refractivity contribution in [3.05, 3.63) is 35.4 Å². The second kappa shape index (κ2) is 6.51. The number of benzene rings is 1. The van der Waals surface area contributed by atoms with Crippen molar-refractivity contribution < 1.29 is 13.2 Å². The Morgan fingerprint density at radius 3 is 2.78 bits per heavy atom. The van der Waals surface area contributed by atoms with Gasteiger partial charge in [-0.2, -0.15) is 0 Å². The van der Waals surface area contributed by atoms with Crippen molar-refractivity contribution in [3.8, 4) is 0 Å². The van der Waals surface area contributed by atoms with Gasteiger partial charge in [0.1, 0.15) is 0 Å². The first-order valence-electron chi connectivity index (χ1n) is 8.23. The van der Waals surface area contributed by atoms with Gasteiger partial charge in [0.25, 0.3) is 0 Å². The predicted octanol–water partition coefficient (Wildman–Crippen LogP) is 1.67. The van der Waals surface area contributed by atoms with E-state index in [2.05, 4.69) is 40.8 Å². The van der Waals surface area contributed by atoms with E-state index in [1.165, 1.54) is 17.4 Å². The molecule has 1 N–H and O–H groups in total. The predicted molar refractivity (Wildman–Crippen MR) is 90.8 cm³/mol. The van der Waals surface area contributed by atoms with Gasteiger partial charge in [-0.3, -0.25) is 4.90 Å². The van der Waals surface area contributed by atoms with Crippen LogP contribution in [0.4, 0.5) is 0 Å². The third kappa shape index (κ3) is 4.53. The summed E-state index contributed by atoms with van der Waals surface area (Å²) >= 11 is 0. The van der Waals surface area contributed by atoms with Crippen LogP contribution in [0.15, 0.2) is 24.3 Å². The van der Waals surface area contributed by atoms with Gasteiger partial charge in [0.15, 0.2) is 0 Å². The fourth-order valence-corrected chi connectivity index (χ4v) is 4.54. The van der Waals surface area contributed by atoms with Crippen molar-refractivity contribution in [2.24, 2.45) is 0 Å². The van der Waals surface area contributed by atoms with E-state index in [-0.39, 0.29) is 11.6 Å². The molecule has 0 unspecified atom stereocenters. The summed E-state index contributed by atoms with van der Waals surface area (Å²) in [7, 11) is -3.16. The summed E-state index contributed by atoms with van der Waals surface area (Å²) in [5, 5.41) is 0. The van der Waals surface area contributed by atoms with Crippen molar-refractivity contribution in [1.82, 2.24) is 9.62 Å². The highest BCUT2D eigenvalue weighted by Gasteiger charge is 2.43. The van der Waals surface area contributed by atoms with Gasteiger partial charge in [0.2, 0.25) is 10.0 Å². The lowest BCUT2D eigenvalue weighted by Crippen LogP contribution is -2.49. The highest BCUT2D eigenvalue weighted by molar-refractivity contribution is 7.88. The maximum Gasteiger partial charge on any atom is 0.208 e. The zero-order chi connectivity index (χ0) is 16.5. The van der Waals surface area contributed by atoms with Gasteiger partial charge >= 0.3 is 0 Å². The minimum Gasteiger partial charge on any atom is -0.373 e. The van der Waals surface area contributed by atoms with Gasteiger partial charge in [-0.05, 0) is 31.7 Å². The molecule has 3 rings (SSSR count). The molecule has 5 nitrogen and oxygen atoms in total. The zero-order valence-electron chi connectivity index (χ0n) is 13.9. The molecule has 128 valence electrons. The van der Waals surface area contributed by atoms with Gasteiger partial charge < -0.3 is 4.74 Å². The molecule has 2 atom stereocenters. The monoisotopic (exact) mass is 338 g/mol. The zero-order valence-corrected chi connectivity index (χ0v) is 14.7. The van der Waals surface area contributed by atoms with E-state index in [1.807, 2.05) is 0 Å². The summed E-state index contributed by atoms with van der Waals surface area (Å²) in [6.07, 6.45) is 3.73. The molecular weight excluding hydrogens is 312 g/mol. The first-order chi connectivity index (χ1) is 10.8. The number of hydrogen-bond acceptors (Lipinski definition) is 4. The van der Waals surface area contributed by atoms with Crippen LogP contribution < -0.4 is 4.72 Å². The van der Waals surface area contributed by atoms with Crippen LogP contribution in [0.5, 0.6) is 0 Å². The van der Waals surface area contributed by atoms with Crippen molar-refractivity contribution in [1.29, 1.82) is 0 Å². The van der Waals surface area contributed by atoms with Crippen molar-refractivity contribution in [2.75, 3.05) is 26.0 Å². The van der Waals surface area contributed by atoms with Gasteiger partial charge in [0, 0.05) is 32.3 Å². The van der Waals surface area contributed by atoms with Crippen LogP contribution in [0, 0.1) is 6.92 Å². The molecule has 2 saturated heterocycles. The van der Waals surface area contributed by atoms with E-state index in [0.717, 1.165) is 38.9 Å². The maximum atomic E-state index is 11.5. The van der Waals surface area contributed by atoms with Gasteiger partial charge in [0.05, 0.1) is 11.9 Å². The normalized spacial score (nSPS) is 29.2. The van der Waals surface area contributed by atoms with Crippen LogP contribution in [0.1, 0.15) is 30.4 Å². The number of aryl methyl sites for hydroxylation is 1. The first-order valence-corrected chi connectivity index (χ1v) is 10.1. The Morgan fingerprint density at radius 1 is 1.35 bits per heavy atom. The van der Waals surface area contributed by atoms with E-state index in [9.17, 15) is 8.42 Å². The number of sulfonamides is 1. The fraction of sp³-hybridized carbons (Fsp3) is 0.647. The van der Waals surface area contributed by atoms with Crippen molar-refractivity contribution in [2.45, 2.75) is 44.4 Å². The summed E-state index contributed by atoms with van der Waals surface area (Å²) < 4.78 is 31.8. The summed E-state index contributed by atoms with van der Waals surface area (Å²) in [5.41, 5.74) is 2.40. The van der Waals surface area contributed by atoms with Crippen LogP contribution in [-0.2, 0) is 21.3 Å².